The third-order valence-corrected chi connectivity index (χ3v) is 1.72. The Balaban J connectivity index is 2.75. The van der Waals surface area contributed by atoms with Gasteiger partial charge in [0.25, 0.3) is 11.4 Å². The van der Waals surface area contributed by atoms with Crippen molar-refractivity contribution in [3.05, 3.63) is 16.7 Å². The first kappa shape index (κ1) is 10.6. The molecule has 0 aliphatic carbocycles. The summed E-state index contributed by atoms with van der Waals surface area (Å²) in [6, 6.07) is 0. The van der Waals surface area contributed by atoms with Crippen molar-refractivity contribution in [2.45, 2.75) is 19.8 Å². The maximum absolute atomic E-state index is 11.2. The van der Waals surface area contributed by atoms with Gasteiger partial charge in [0.05, 0.1) is 20.0 Å². The number of nitrogens with one attached hydrogen (secondary N) is 1. The summed E-state index contributed by atoms with van der Waals surface area (Å²) in [7, 11) is 1.42. The van der Waals surface area contributed by atoms with E-state index >= 15 is 0 Å². The number of hydrogen-bond acceptors (Lipinski definition) is 4. The molecule has 0 unspecified atom stereocenters. The second-order valence-corrected chi connectivity index (χ2v) is 2.77. The van der Waals surface area contributed by atoms with E-state index in [0.29, 0.717) is 6.61 Å². The van der Waals surface area contributed by atoms with Gasteiger partial charge in [-0.15, -0.1) is 0 Å². The highest BCUT2D eigenvalue weighted by Crippen LogP contribution is 2.17. The fraction of sp³-hybridized carbons (Fsp3) is 0.556. The van der Waals surface area contributed by atoms with Gasteiger partial charge in [-0.05, 0) is 6.42 Å². The second-order valence-electron chi connectivity index (χ2n) is 2.77. The van der Waals surface area contributed by atoms with E-state index < -0.39 is 0 Å². The van der Waals surface area contributed by atoms with Gasteiger partial charge in [-0.2, -0.15) is 0 Å². The van der Waals surface area contributed by atoms with Gasteiger partial charge >= 0.3 is 0 Å². The third-order valence-electron chi connectivity index (χ3n) is 1.72. The summed E-state index contributed by atoms with van der Waals surface area (Å²) in [5.74, 6) is 0.383. The Kier molecular flexibility index (Phi) is 3.97. The van der Waals surface area contributed by atoms with Crippen LogP contribution in [-0.4, -0.2) is 23.7 Å². The highest BCUT2D eigenvalue weighted by atomic mass is 16.5. The summed E-state index contributed by atoms with van der Waals surface area (Å²) in [5.41, 5.74) is -0.325. The van der Waals surface area contributed by atoms with Crippen LogP contribution in [0, 0.1) is 0 Å². The van der Waals surface area contributed by atoms with Crippen LogP contribution in [0.5, 0.6) is 11.6 Å². The SMILES string of the molecule is CCCCOc1nc[nH]c(=O)c1OC. The number of nitrogens with zero attached hydrogens (tertiary/aromatic N) is 1. The summed E-state index contributed by atoms with van der Waals surface area (Å²) in [4.78, 5) is 17.5. The van der Waals surface area contributed by atoms with Crippen molar-refractivity contribution in [2.24, 2.45) is 0 Å². The van der Waals surface area contributed by atoms with Gasteiger partial charge in [0.2, 0.25) is 5.75 Å². The highest BCUT2D eigenvalue weighted by molar-refractivity contribution is 5.29. The molecule has 0 aliphatic rings. The summed E-state index contributed by atoms with van der Waals surface area (Å²) in [6.45, 7) is 2.61. The van der Waals surface area contributed by atoms with Crippen molar-refractivity contribution in [3.8, 4) is 11.6 Å². The van der Waals surface area contributed by atoms with E-state index in [0.717, 1.165) is 12.8 Å². The third kappa shape index (κ3) is 2.48. The number of rotatable bonds is 5. The quantitative estimate of drug-likeness (QED) is 0.715. The molecule has 5 nitrogen and oxygen atoms in total. The lowest BCUT2D eigenvalue weighted by atomic mass is 10.4. The Morgan fingerprint density at radius 3 is 3.00 bits per heavy atom. The predicted molar refractivity (Wildman–Crippen MR) is 51.8 cm³/mol. The van der Waals surface area contributed by atoms with E-state index in [4.69, 9.17) is 9.47 Å². The van der Waals surface area contributed by atoms with Crippen LogP contribution in [0.4, 0.5) is 0 Å². The molecule has 14 heavy (non-hydrogen) atoms. The number of H-pyrrole nitrogens is 1. The average molecular weight is 198 g/mol. The number of hydrogen-bond donors (Lipinski definition) is 1. The molecular formula is C9H14N2O3. The molecule has 0 saturated heterocycles. The molecular weight excluding hydrogens is 184 g/mol. The summed E-state index contributed by atoms with van der Waals surface area (Å²) in [6.07, 6.45) is 3.26. The molecule has 5 heteroatoms. The lowest BCUT2D eigenvalue weighted by molar-refractivity contribution is 0.274. The second kappa shape index (κ2) is 5.26. The van der Waals surface area contributed by atoms with Gasteiger partial charge in [-0.1, -0.05) is 13.3 Å². The van der Waals surface area contributed by atoms with Crippen molar-refractivity contribution >= 4 is 0 Å². The Morgan fingerprint density at radius 1 is 1.57 bits per heavy atom. The largest absolute Gasteiger partial charge is 0.487 e. The molecule has 0 amide bonds. The van der Waals surface area contributed by atoms with Crippen molar-refractivity contribution in [2.75, 3.05) is 13.7 Å². The summed E-state index contributed by atoms with van der Waals surface area (Å²) >= 11 is 0. The zero-order valence-corrected chi connectivity index (χ0v) is 8.37. The first-order chi connectivity index (χ1) is 6.79. The Labute approximate surface area is 82.1 Å². The molecule has 78 valence electrons. The summed E-state index contributed by atoms with van der Waals surface area (Å²) < 4.78 is 10.2. The fourth-order valence-electron chi connectivity index (χ4n) is 0.967. The van der Waals surface area contributed by atoms with E-state index in [1.54, 1.807) is 0 Å². The van der Waals surface area contributed by atoms with Crippen LogP contribution in [0.2, 0.25) is 0 Å². The van der Waals surface area contributed by atoms with Gasteiger partial charge < -0.3 is 14.5 Å². The molecule has 1 rings (SSSR count). The van der Waals surface area contributed by atoms with Crippen LogP contribution >= 0.6 is 0 Å². The normalized spacial score (nSPS) is 9.86. The molecule has 0 atom stereocenters. The van der Waals surface area contributed by atoms with Crippen LogP contribution in [-0.2, 0) is 0 Å². The standard InChI is InChI=1S/C9H14N2O3/c1-3-4-5-14-9-7(13-2)8(12)10-6-11-9/h6H,3-5H2,1-2H3,(H,10,11,12). The van der Waals surface area contributed by atoms with Crippen molar-refractivity contribution in [1.82, 2.24) is 9.97 Å². The van der Waals surface area contributed by atoms with Gasteiger partial charge in [-0.25, -0.2) is 4.98 Å². The van der Waals surface area contributed by atoms with E-state index in [9.17, 15) is 4.79 Å². The minimum atomic E-state index is -0.325. The van der Waals surface area contributed by atoms with Gasteiger partial charge in [0.15, 0.2) is 0 Å². The Morgan fingerprint density at radius 2 is 2.36 bits per heavy atom. The molecule has 0 saturated carbocycles. The highest BCUT2D eigenvalue weighted by Gasteiger charge is 2.09. The number of aromatic amines is 1. The average Bonchev–Trinajstić information content (AvgIpc) is 2.18. The molecule has 1 N–H and O–H groups in total. The molecule has 1 aromatic heterocycles. The van der Waals surface area contributed by atoms with Crippen molar-refractivity contribution in [3.63, 3.8) is 0 Å². The lowest BCUT2D eigenvalue weighted by Crippen LogP contribution is -2.12. The molecule has 0 fully saturated rings. The number of methoxy groups -OCH3 is 1. The van der Waals surface area contributed by atoms with Crippen molar-refractivity contribution < 1.29 is 9.47 Å². The van der Waals surface area contributed by atoms with Gasteiger partial charge in [0.1, 0.15) is 0 Å². The maximum Gasteiger partial charge on any atom is 0.297 e. The number of ether oxygens (including phenoxy) is 2. The Hall–Kier alpha value is -1.52. The topological polar surface area (TPSA) is 64.2 Å². The zero-order chi connectivity index (χ0) is 10.4. The molecule has 0 aliphatic heterocycles. The van der Waals surface area contributed by atoms with Gasteiger partial charge in [0, 0.05) is 0 Å². The lowest BCUT2D eigenvalue weighted by Gasteiger charge is -2.06. The van der Waals surface area contributed by atoms with Crippen molar-refractivity contribution in [1.29, 1.82) is 0 Å². The smallest absolute Gasteiger partial charge is 0.297 e. The molecule has 0 aromatic carbocycles. The molecule has 1 heterocycles. The minimum Gasteiger partial charge on any atom is -0.487 e. The molecule has 0 radical (unpaired) electrons. The van der Waals surface area contributed by atoms with E-state index in [-0.39, 0.29) is 17.2 Å². The first-order valence-corrected chi connectivity index (χ1v) is 4.54. The van der Waals surface area contributed by atoms with E-state index in [1.165, 1.54) is 13.4 Å². The predicted octanol–water partition coefficient (Wildman–Crippen LogP) is 0.957. The van der Waals surface area contributed by atoms with E-state index in [2.05, 4.69) is 16.9 Å². The van der Waals surface area contributed by atoms with Crippen LogP contribution in [0.1, 0.15) is 19.8 Å². The number of aromatic nitrogens is 2. The molecule has 1 aromatic rings. The minimum absolute atomic E-state index is 0.128. The van der Waals surface area contributed by atoms with Crippen LogP contribution in [0.25, 0.3) is 0 Å². The summed E-state index contributed by atoms with van der Waals surface area (Å²) in [5, 5.41) is 0. The van der Waals surface area contributed by atoms with E-state index in [1.807, 2.05) is 0 Å². The maximum atomic E-state index is 11.2. The van der Waals surface area contributed by atoms with Gasteiger partial charge in [-0.3, -0.25) is 4.79 Å². The first-order valence-electron chi connectivity index (χ1n) is 4.54. The molecule has 0 bridgehead atoms. The monoisotopic (exact) mass is 198 g/mol. The fourth-order valence-corrected chi connectivity index (χ4v) is 0.967. The van der Waals surface area contributed by atoms with Crippen LogP contribution in [0.15, 0.2) is 11.1 Å². The number of unbranched alkanes of at least 4 members (excludes halogenated alkanes) is 1. The van der Waals surface area contributed by atoms with Crippen LogP contribution < -0.4 is 15.0 Å². The van der Waals surface area contributed by atoms with Crippen LogP contribution in [0.3, 0.4) is 0 Å². The Bertz CT molecular complexity index is 335. The molecule has 0 spiro atoms. The zero-order valence-electron chi connectivity index (χ0n) is 8.37.